The first-order valence-electron chi connectivity index (χ1n) is 7.32. The molecule has 110 valence electrons. The molecule has 0 unspecified atom stereocenters. The number of nitrogens with zero attached hydrogens (tertiary/aromatic N) is 2. The van der Waals surface area contributed by atoms with Crippen LogP contribution in [0.25, 0.3) is 11.0 Å². The summed E-state index contributed by atoms with van der Waals surface area (Å²) < 4.78 is 12.8. The summed E-state index contributed by atoms with van der Waals surface area (Å²) in [5, 5.41) is 0. The zero-order chi connectivity index (χ0) is 14.4. The molecule has 0 aliphatic rings. The van der Waals surface area contributed by atoms with Gasteiger partial charge in [0.15, 0.2) is 0 Å². The van der Waals surface area contributed by atoms with Crippen molar-refractivity contribution in [3.05, 3.63) is 24.0 Å². The minimum absolute atomic E-state index is 0.546. The topological polar surface area (TPSA) is 36.3 Å². The molecule has 1 aromatic carbocycles. The van der Waals surface area contributed by atoms with E-state index in [0.717, 1.165) is 29.2 Å². The van der Waals surface area contributed by atoms with E-state index >= 15 is 0 Å². The molecule has 4 heteroatoms. The first-order chi connectivity index (χ1) is 9.80. The predicted molar refractivity (Wildman–Crippen MR) is 81.1 cm³/mol. The van der Waals surface area contributed by atoms with Crippen LogP contribution in [-0.2, 0) is 17.9 Å². The fraction of sp³-hybridized carbons (Fsp3) is 0.562. The van der Waals surface area contributed by atoms with Crippen LogP contribution in [0.1, 0.15) is 38.4 Å². The molecule has 0 N–H and O–H groups in total. The third-order valence-electron chi connectivity index (χ3n) is 3.54. The fourth-order valence-electron chi connectivity index (χ4n) is 2.47. The number of methoxy groups -OCH3 is 2. The molecule has 2 aromatic rings. The largest absolute Gasteiger partial charge is 0.497 e. The van der Waals surface area contributed by atoms with Gasteiger partial charge in [-0.15, -0.1) is 0 Å². The number of ether oxygens (including phenoxy) is 2. The second-order valence-corrected chi connectivity index (χ2v) is 5.03. The van der Waals surface area contributed by atoms with Crippen molar-refractivity contribution in [3.63, 3.8) is 0 Å². The number of fused-ring (bicyclic) bond motifs is 1. The zero-order valence-electron chi connectivity index (χ0n) is 12.7. The van der Waals surface area contributed by atoms with Crippen molar-refractivity contribution in [2.45, 2.75) is 45.8 Å². The molecule has 4 nitrogen and oxygen atoms in total. The molecular weight excluding hydrogens is 252 g/mol. The predicted octanol–water partition coefficient (Wildman–Crippen LogP) is 3.77. The first kappa shape index (κ1) is 14.9. The van der Waals surface area contributed by atoms with Crippen LogP contribution in [-0.4, -0.2) is 23.8 Å². The number of imidazole rings is 1. The molecule has 1 heterocycles. The van der Waals surface area contributed by atoms with Crippen molar-refractivity contribution in [3.8, 4) is 5.75 Å². The van der Waals surface area contributed by atoms with Gasteiger partial charge >= 0.3 is 0 Å². The number of hydrogen-bond donors (Lipinski definition) is 0. The molecular formula is C16H24N2O2. The van der Waals surface area contributed by atoms with E-state index in [2.05, 4.69) is 22.5 Å². The Balaban J connectivity index is 2.25. The van der Waals surface area contributed by atoms with Gasteiger partial charge in [-0.2, -0.15) is 0 Å². The highest BCUT2D eigenvalue weighted by Gasteiger charge is 2.11. The SMILES string of the molecule is CCCCCCn1c(COC)nc2cc(OC)ccc21. The highest BCUT2D eigenvalue weighted by atomic mass is 16.5. The second-order valence-electron chi connectivity index (χ2n) is 5.03. The minimum Gasteiger partial charge on any atom is -0.497 e. The van der Waals surface area contributed by atoms with E-state index in [9.17, 15) is 0 Å². The summed E-state index contributed by atoms with van der Waals surface area (Å²) >= 11 is 0. The van der Waals surface area contributed by atoms with E-state index in [1.807, 2.05) is 12.1 Å². The minimum atomic E-state index is 0.546. The van der Waals surface area contributed by atoms with Gasteiger partial charge < -0.3 is 14.0 Å². The summed E-state index contributed by atoms with van der Waals surface area (Å²) in [7, 11) is 3.39. The third kappa shape index (κ3) is 3.31. The monoisotopic (exact) mass is 276 g/mol. The maximum absolute atomic E-state index is 5.27. The molecule has 0 bridgehead atoms. The smallest absolute Gasteiger partial charge is 0.135 e. The lowest BCUT2D eigenvalue weighted by atomic mass is 10.2. The number of aromatic nitrogens is 2. The molecule has 0 saturated heterocycles. The molecule has 0 atom stereocenters. The maximum Gasteiger partial charge on any atom is 0.135 e. The Bertz CT molecular complexity index is 549. The van der Waals surface area contributed by atoms with Crippen molar-refractivity contribution >= 4 is 11.0 Å². The Hall–Kier alpha value is -1.55. The van der Waals surface area contributed by atoms with Gasteiger partial charge in [0.25, 0.3) is 0 Å². The summed E-state index contributed by atoms with van der Waals surface area (Å²) in [5.74, 6) is 1.84. The van der Waals surface area contributed by atoms with Crippen LogP contribution < -0.4 is 4.74 Å². The molecule has 0 aliphatic carbocycles. The van der Waals surface area contributed by atoms with E-state index in [0.29, 0.717) is 6.61 Å². The van der Waals surface area contributed by atoms with Crippen molar-refractivity contribution in [1.29, 1.82) is 0 Å². The molecule has 0 saturated carbocycles. The average Bonchev–Trinajstić information content (AvgIpc) is 2.80. The Morgan fingerprint density at radius 2 is 2.00 bits per heavy atom. The van der Waals surface area contributed by atoms with E-state index < -0.39 is 0 Å². The lowest BCUT2D eigenvalue weighted by molar-refractivity contribution is 0.174. The van der Waals surface area contributed by atoms with Crippen LogP contribution >= 0.6 is 0 Å². The van der Waals surface area contributed by atoms with Crippen LogP contribution in [0, 0.1) is 0 Å². The average molecular weight is 276 g/mol. The summed E-state index contributed by atoms with van der Waals surface area (Å²) in [6, 6.07) is 6.06. The lowest BCUT2D eigenvalue weighted by Crippen LogP contribution is -2.05. The van der Waals surface area contributed by atoms with Crippen LogP contribution in [0.4, 0.5) is 0 Å². The number of unbranched alkanes of at least 4 members (excludes halogenated alkanes) is 3. The van der Waals surface area contributed by atoms with Crippen molar-refractivity contribution in [2.75, 3.05) is 14.2 Å². The number of benzene rings is 1. The molecule has 20 heavy (non-hydrogen) atoms. The lowest BCUT2D eigenvalue weighted by Gasteiger charge is -2.08. The quantitative estimate of drug-likeness (QED) is 0.689. The van der Waals surface area contributed by atoms with Crippen molar-refractivity contribution in [2.24, 2.45) is 0 Å². The number of hydrogen-bond acceptors (Lipinski definition) is 3. The maximum atomic E-state index is 5.27. The van der Waals surface area contributed by atoms with Gasteiger partial charge in [-0.05, 0) is 18.6 Å². The highest BCUT2D eigenvalue weighted by Crippen LogP contribution is 2.23. The molecule has 0 radical (unpaired) electrons. The molecule has 0 amide bonds. The standard InChI is InChI=1S/C16H24N2O2/c1-4-5-6-7-10-18-15-9-8-13(20-3)11-14(15)17-16(18)12-19-2/h8-9,11H,4-7,10,12H2,1-3H3. The Morgan fingerprint density at radius 1 is 1.15 bits per heavy atom. The van der Waals surface area contributed by atoms with Crippen LogP contribution in [0.2, 0.25) is 0 Å². The van der Waals surface area contributed by atoms with Gasteiger partial charge in [0.05, 0.1) is 18.1 Å². The summed E-state index contributed by atoms with van der Waals surface area (Å²) in [5.41, 5.74) is 2.14. The normalized spacial score (nSPS) is 11.2. The zero-order valence-corrected chi connectivity index (χ0v) is 12.7. The molecule has 1 aromatic heterocycles. The summed E-state index contributed by atoms with van der Waals surface area (Å²) in [6.07, 6.45) is 4.99. The van der Waals surface area contributed by atoms with E-state index in [1.165, 1.54) is 25.7 Å². The van der Waals surface area contributed by atoms with Gasteiger partial charge in [0.2, 0.25) is 0 Å². The Kier molecular flexibility index (Phi) is 5.41. The van der Waals surface area contributed by atoms with Crippen LogP contribution in [0.15, 0.2) is 18.2 Å². The van der Waals surface area contributed by atoms with Gasteiger partial charge in [-0.25, -0.2) is 4.98 Å². The summed E-state index contributed by atoms with van der Waals surface area (Å²) in [4.78, 5) is 4.67. The Morgan fingerprint density at radius 3 is 2.70 bits per heavy atom. The molecule has 0 fully saturated rings. The van der Waals surface area contributed by atoms with Gasteiger partial charge in [-0.3, -0.25) is 0 Å². The highest BCUT2D eigenvalue weighted by molar-refractivity contribution is 5.77. The second kappa shape index (κ2) is 7.29. The van der Waals surface area contributed by atoms with Gasteiger partial charge in [0, 0.05) is 19.7 Å². The van der Waals surface area contributed by atoms with Gasteiger partial charge in [0.1, 0.15) is 18.2 Å². The van der Waals surface area contributed by atoms with Crippen molar-refractivity contribution in [1.82, 2.24) is 9.55 Å². The van der Waals surface area contributed by atoms with E-state index in [1.54, 1.807) is 14.2 Å². The van der Waals surface area contributed by atoms with E-state index in [4.69, 9.17) is 9.47 Å². The van der Waals surface area contributed by atoms with Crippen molar-refractivity contribution < 1.29 is 9.47 Å². The van der Waals surface area contributed by atoms with Crippen LogP contribution in [0.3, 0.4) is 0 Å². The summed E-state index contributed by atoms with van der Waals surface area (Å²) in [6.45, 7) is 3.78. The first-order valence-corrected chi connectivity index (χ1v) is 7.32. The molecule has 0 spiro atoms. The van der Waals surface area contributed by atoms with Crippen LogP contribution in [0.5, 0.6) is 5.75 Å². The third-order valence-corrected chi connectivity index (χ3v) is 3.54. The Labute approximate surface area is 120 Å². The fourth-order valence-corrected chi connectivity index (χ4v) is 2.47. The van der Waals surface area contributed by atoms with E-state index in [-0.39, 0.29) is 0 Å². The van der Waals surface area contributed by atoms with Gasteiger partial charge in [-0.1, -0.05) is 26.2 Å². The molecule has 0 aliphatic heterocycles. The molecule has 2 rings (SSSR count). The number of rotatable bonds is 8. The number of aryl methyl sites for hydroxylation is 1.